The number of aryl methyl sites for hydroxylation is 1. The van der Waals surface area contributed by atoms with E-state index in [0.29, 0.717) is 10.7 Å². The van der Waals surface area contributed by atoms with Crippen LogP contribution in [0.4, 0.5) is 5.69 Å². The van der Waals surface area contributed by atoms with Gasteiger partial charge in [0.15, 0.2) is 0 Å². The van der Waals surface area contributed by atoms with Crippen LogP contribution in [-0.4, -0.2) is 10.9 Å². The molecule has 0 unspecified atom stereocenters. The Hall–Kier alpha value is -1.69. The quantitative estimate of drug-likeness (QED) is 0.602. The van der Waals surface area contributed by atoms with Gasteiger partial charge in [0.05, 0.1) is 0 Å². The molecule has 1 aromatic carbocycles. The maximum atomic E-state index is 12.6. The van der Waals surface area contributed by atoms with Gasteiger partial charge in [-0.05, 0) is 41.5 Å². The zero-order valence-corrected chi connectivity index (χ0v) is 15.8. The molecule has 124 valence electrons. The third kappa shape index (κ3) is 3.38. The molecule has 0 bridgehead atoms. The van der Waals surface area contributed by atoms with E-state index in [9.17, 15) is 4.79 Å². The first-order valence-corrected chi connectivity index (χ1v) is 9.93. The SMILES string of the molecule is CCc1ccc(Cl)c(CC)c1NC(=O)c1csc(-c2ccsc2)n1. The van der Waals surface area contributed by atoms with E-state index in [-0.39, 0.29) is 5.91 Å². The average molecular weight is 377 g/mol. The number of benzene rings is 1. The molecule has 0 aliphatic rings. The Morgan fingerprint density at radius 2 is 2.04 bits per heavy atom. The lowest BCUT2D eigenvalue weighted by Gasteiger charge is -2.15. The van der Waals surface area contributed by atoms with Crippen molar-refractivity contribution < 1.29 is 4.79 Å². The average Bonchev–Trinajstić information content (AvgIpc) is 3.26. The summed E-state index contributed by atoms with van der Waals surface area (Å²) in [6.07, 6.45) is 1.59. The maximum Gasteiger partial charge on any atom is 0.275 e. The van der Waals surface area contributed by atoms with Crippen molar-refractivity contribution in [1.82, 2.24) is 4.98 Å². The van der Waals surface area contributed by atoms with Crippen molar-refractivity contribution >= 4 is 45.9 Å². The predicted molar refractivity (Wildman–Crippen MR) is 104 cm³/mol. The first-order valence-electron chi connectivity index (χ1n) is 7.73. The Balaban J connectivity index is 1.89. The number of carbonyl (C=O) groups is 1. The smallest absolute Gasteiger partial charge is 0.275 e. The van der Waals surface area contributed by atoms with Crippen molar-refractivity contribution in [1.29, 1.82) is 0 Å². The van der Waals surface area contributed by atoms with Gasteiger partial charge in [-0.3, -0.25) is 4.79 Å². The molecular weight excluding hydrogens is 360 g/mol. The van der Waals surface area contributed by atoms with Crippen LogP contribution < -0.4 is 5.32 Å². The number of nitrogens with zero attached hydrogens (tertiary/aromatic N) is 1. The van der Waals surface area contributed by atoms with Crippen molar-refractivity contribution in [2.45, 2.75) is 26.7 Å². The largest absolute Gasteiger partial charge is 0.320 e. The number of aromatic nitrogens is 1. The molecule has 0 radical (unpaired) electrons. The van der Waals surface area contributed by atoms with Gasteiger partial charge >= 0.3 is 0 Å². The van der Waals surface area contributed by atoms with Gasteiger partial charge in [0.2, 0.25) is 0 Å². The molecule has 0 saturated carbocycles. The molecule has 0 saturated heterocycles. The first-order chi connectivity index (χ1) is 11.6. The molecule has 24 heavy (non-hydrogen) atoms. The van der Waals surface area contributed by atoms with Crippen LogP contribution >= 0.6 is 34.3 Å². The second-order valence-corrected chi connectivity index (χ2v) is 7.32. The molecule has 1 amide bonds. The van der Waals surface area contributed by atoms with Crippen molar-refractivity contribution in [3.8, 4) is 10.6 Å². The maximum absolute atomic E-state index is 12.6. The Labute approximate surface area is 154 Å². The number of halogens is 1. The summed E-state index contributed by atoms with van der Waals surface area (Å²) in [5.41, 5.74) is 4.36. The van der Waals surface area contributed by atoms with Gasteiger partial charge in [-0.1, -0.05) is 31.5 Å². The van der Waals surface area contributed by atoms with E-state index in [1.165, 1.54) is 11.3 Å². The van der Waals surface area contributed by atoms with Gasteiger partial charge in [0.25, 0.3) is 5.91 Å². The van der Waals surface area contributed by atoms with Gasteiger partial charge in [-0.25, -0.2) is 4.98 Å². The summed E-state index contributed by atoms with van der Waals surface area (Å²) in [6.45, 7) is 4.10. The first kappa shape index (κ1) is 17.1. The Kier molecular flexibility index (Phi) is 5.33. The lowest BCUT2D eigenvalue weighted by molar-refractivity contribution is 0.102. The molecule has 2 heterocycles. The predicted octanol–water partition coefficient (Wildman–Crippen LogP) is 5.90. The number of hydrogen-bond acceptors (Lipinski definition) is 4. The lowest BCUT2D eigenvalue weighted by atomic mass is 10.0. The Morgan fingerprint density at radius 3 is 2.71 bits per heavy atom. The summed E-state index contributed by atoms with van der Waals surface area (Å²) >= 11 is 9.39. The van der Waals surface area contributed by atoms with Crippen LogP contribution in [0.3, 0.4) is 0 Å². The van der Waals surface area contributed by atoms with Crippen LogP contribution in [0.5, 0.6) is 0 Å². The van der Waals surface area contributed by atoms with Crippen molar-refractivity contribution in [2.75, 3.05) is 5.32 Å². The molecule has 0 aliphatic carbocycles. The van der Waals surface area contributed by atoms with E-state index >= 15 is 0 Å². The van der Waals surface area contributed by atoms with Gasteiger partial charge in [0.1, 0.15) is 10.7 Å². The molecule has 0 atom stereocenters. The summed E-state index contributed by atoms with van der Waals surface area (Å²) in [4.78, 5) is 17.1. The highest BCUT2D eigenvalue weighted by Gasteiger charge is 2.17. The second-order valence-electron chi connectivity index (χ2n) is 5.27. The number of hydrogen-bond donors (Lipinski definition) is 1. The standard InChI is InChI=1S/C18H17ClN2OS2/c1-3-11-5-6-14(19)13(4-2)16(11)21-17(22)15-10-24-18(20-15)12-7-8-23-9-12/h5-10H,3-4H2,1-2H3,(H,21,22). The number of thiophene rings is 1. The highest BCUT2D eigenvalue weighted by atomic mass is 35.5. The van der Waals surface area contributed by atoms with Crippen LogP contribution in [0.2, 0.25) is 5.02 Å². The van der Waals surface area contributed by atoms with E-state index < -0.39 is 0 Å². The highest BCUT2D eigenvalue weighted by Crippen LogP contribution is 2.31. The second kappa shape index (κ2) is 7.47. The van der Waals surface area contributed by atoms with Gasteiger partial charge in [-0.15, -0.1) is 11.3 Å². The molecule has 3 rings (SSSR count). The molecular formula is C18H17ClN2OS2. The molecule has 2 aromatic heterocycles. The fourth-order valence-corrected chi connectivity index (χ4v) is 4.34. The molecule has 3 aromatic rings. The summed E-state index contributed by atoms with van der Waals surface area (Å²) in [6, 6.07) is 5.87. The van der Waals surface area contributed by atoms with Gasteiger partial charge in [0, 0.05) is 27.0 Å². The number of rotatable bonds is 5. The number of nitrogens with one attached hydrogen (secondary N) is 1. The van der Waals surface area contributed by atoms with Crippen molar-refractivity contribution in [3.63, 3.8) is 0 Å². The van der Waals surface area contributed by atoms with Crippen LogP contribution in [0.25, 0.3) is 10.6 Å². The summed E-state index contributed by atoms with van der Waals surface area (Å²) in [5.74, 6) is -0.195. The molecule has 0 aliphatic heterocycles. The van der Waals surface area contributed by atoms with Crippen molar-refractivity contribution in [2.24, 2.45) is 0 Å². The van der Waals surface area contributed by atoms with Crippen molar-refractivity contribution in [3.05, 3.63) is 56.2 Å². The summed E-state index contributed by atoms with van der Waals surface area (Å²) in [7, 11) is 0. The fraction of sp³-hybridized carbons (Fsp3) is 0.222. The van der Waals surface area contributed by atoms with Crippen LogP contribution in [0.1, 0.15) is 35.5 Å². The zero-order valence-electron chi connectivity index (χ0n) is 13.4. The third-order valence-corrected chi connectivity index (χ3v) is 5.75. The number of carbonyl (C=O) groups excluding carboxylic acids is 1. The van der Waals surface area contributed by atoms with Crippen LogP contribution in [0, 0.1) is 0 Å². The minimum absolute atomic E-state index is 0.195. The molecule has 6 heteroatoms. The van der Waals surface area contributed by atoms with E-state index in [1.807, 2.05) is 35.9 Å². The minimum Gasteiger partial charge on any atom is -0.320 e. The number of anilines is 1. The molecule has 0 spiro atoms. The van der Waals surface area contributed by atoms with E-state index in [1.54, 1.807) is 16.7 Å². The zero-order chi connectivity index (χ0) is 17.1. The molecule has 1 N–H and O–H groups in total. The summed E-state index contributed by atoms with van der Waals surface area (Å²) < 4.78 is 0. The lowest BCUT2D eigenvalue weighted by Crippen LogP contribution is -2.15. The monoisotopic (exact) mass is 376 g/mol. The van der Waals surface area contributed by atoms with E-state index in [4.69, 9.17) is 11.6 Å². The normalized spacial score (nSPS) is 10.8. The topological polar surface area (TPSA) is 42.0 Å². The van der Waals surface area contributed by atoms with Gasteiger partial charge < -0.3 is 5.32 Å². The van der Waals surface area contributed by atoms with E-state index in [2.05, 4.69) is 17.2 Å². The number of thiazole rings is 1. The third-order valence-electron chi connectivity index (χ3n) is 3.82. The highest BCUT2D eigenvalue weighted by molar-refractivity contribution is 7.14. The Bertz CT molecular complexity index is 856. The van der Waals surface area contributed by atoms with Gasteiger partial charge in [-0.2, -0.15) is 11.3 Å². The van der Waals surface area contributed by atoms with Crippen LogP contribution in [-0.2, 0) is 12.8 Å². The molecule has 0 fully saturated rings. The fourth-order valence-electron chi connectivity index (χ4n) is 2.54. The molecule has 3 nitrogen and oxygen atoms in total. The number of amides is 1. The van der Waals surface area contributed by atoms with Crippen LogP contribution in [0.15, 0.2) is 34.3 Å². The van der Waals surface area contributed by atoms with E-state index in [0.717, 1.165) is 40.2 Å². The summed E-state index contributed by atoms with van der Waals surface area (Å²) in [5, 5.41) is 10.4. The Morgan fingerprint density at radius 1 is 1.21 bits per heavy atom. The minimum atomic E-state index is -0.195.